The van der Waals surface area contributed by atoms with Crippen LogP contribution in [0, 0.1) is 0 Å². The summed E-state index contributed by atoms with van der Waals surface area (Å²) in [6, 6.07) is 0. The molecule has 0 aliphatic carbocycles. The number of nitrogens with one attached hydrogen (secondary N) is 1. The molecule has 0 aromatic heterocycles. The minimum atomic E-state index is -3.09. The van der Waals surface area contributed by atoms with Crippen molar-refractivity contribution in [3.05, 3.63) is 0 Å². The topological polar surface area (TPSA) is 83.5 Å². The van der Waals surface area contributed by atoms with Crippen molar-refractivity contribution >= 4 is 15.8 Å². The molecule has 0 amide bonds. The Morgan fingerprint density at radius 1 is 1.50 bits per heavy atom. The molecule has 0 aromatic carbocycles. The second-order valence-electron chi connectivity index (χ2n) is 4.47. The van der Waals surface area contributed by atoms with E-state index in [0.717, 1.165) is 6.42 Å². The van der Waals surface area contributed by atoms with Gasteiger partial charge in [-0.1, -0.05) is 6.92 Å². The van der Waals surface area contributed by atoms with Crippen LogP contribution >= 0.6 is 0 Å². The van der Waals surface area contributed by atoms with Gasteiger partial charge in [-0.15, -0.1) is 0 Å². The fraction of sp³-hybridized carbons (Fsp3) is 0.900. The minimum Gasteiger partial charge on any atom is -0.481 e. The first-order chi connectivity index (χ1) is 7.39. The first kappa shape index (κ1) is 13.4. The van der Waals surface area contributed by atoms with Gasteiger partial charge in [0.05, 0.1) is 17.9 Å². The van der Waals surface area contributed by atoms with Crippen LogP contribution in [0.2, 0.25) is 0 Å². The monoisotopic (exact) mass is 249 g/mol. The second kappa shape index (κ2) is 5.14. The standard InChI is InChI=1S/C10H19NO4S/c1-2-5-11-10(7-9(12)13)4-3-6-16(14,15)8-10/h11H,2-8H2,1H3,(H,12,13). The largest absolute Gasteiger partial charge is 0.481 e. The smallest absolute Gasteiger partial charge is 0.305 e. The Bertz CT molecular complexity index is 352. The molecule has 1 rings (SSSR count). The third-order valence-corrected chi connectivity index (χ3v) is 4.75. The van der Waals surface area contributed by atoms with Crippen molar-refractivity contribution in [2.24, 2.45) is 0 Å². The van der Waals surface area contributed by atoms with E-state index < -0.39 is 21.3 Å². The molecule has 0 radical (unpaired) electrons. The molecule has 0 saturated carbocycles. The normalized spacial score (nSPS) is 28.8. The number of rotatable bonds is 5. The summed E-state index contributed by atoms with van der Waals surface area (Å²) in [7, 11) is -3.09. The van der Waals surface area contributed by atoms with Gasteiger partial charge < -0.3 is 10.4 Å². The van der Waals surface area contributed by atoms with Crippen LogP contribution in [0.4, 0.5) is 0 Å². The summed E-state index contributed by atoms with van der Waals surface area (Å²) in [6.07, 6.45) is 1.92. The lowest BCUT2D eigenvalue weighted by atomic mass is 9.91. The van der Waals surface area contributed by atoms with E-state index in [-0.39, 0.29) is 17.9 Å². The van der Waals surface area contributed by atoms with Crippen LogP contribution in [-0.4, -0.2) is 43.1 Å². The molecule has 1 unspecified atom stereocenters. The average Bonchev–Trinajstić information content (AvgIpc) is 2.12. The summed E-state index contributed by atoms with van der Waals surface area (Å²) in [4.78, 5) is 10.8. The molecule has 5 nitrogen and oxygen atoms in total. The molecule has 1 atom stereocenters. The summed E-state index contributed by atoms with van der Waals surface area (Å²) in [5.74, 6) is -0.810. The number of carboxylic acid groups (broad SMARTS) is 1. The lowest BCUT2D eigenvalue weighted by molar-refractivity contribution is -0.138. The van der Waals surface area contributed by atoms with Crippen LogP contribution in [0.25, 0.3) is 0 Å². The van der Waals surface area contributed by atoms with Crippen LogP contribution < -0.4 is 5.32 Å². The quantitative estimate of drug-likeness (QED) is 0.737. The number of carbonyl (C=O) groups is 1. The summed E-state index contributed by atoms with van der Waals surface area (Å²) >= 11 is 0. The number of carboxylic acids is 1. The van der Waals surface area contributed by atoms with Crippen LogP contribution in [0.15, 0.2) is 0 Å². The van der Waals surface area contributed by atoms with E-state index in [4.69, 9.17) is 5.11 Å². The van der Waals surface area contributed by atoms with Crippen molar-refractivity contribution in [2.45, 2.75) is 38.1 Å². The summed E-state index contributed by atoms with van der Waals surface area (Å²) in [5.41, 5.74) is -0.751. The molecular formula is C10H19NO4S. The van der Waals surface area contributed by atoms with Gasteiger partial charge in [0.25, 0.3) is 0 Å². The lowest BCUT2D eigenvalue weighted by Gasteiger charge is -2.36. The van der Waals surface area contributed by atoms with Crippen LogP contribution in [0.3, 0.4) is 0 Å². The summed E-state index contributed by atoms with van der Waals surface area (Å²) in [6.45, 7) is 2.63. The van der Waals surface area contributed by atoms with Gasteiger partial charge in [-0.3, -0.25) is 4.79 Å². The Kier molecular flexibility index (Phi) is 4.32. The van der Waals surface area contributed by atoms with Gasteiger partial charge in [0, 0.05) is 5.54 Å². The summed E-state index contributed by atoms with van der Waals surface area (Å²) < 4.78 is 23.2. The van der Waals surface area contributed by atoms with Crippen molar-refractivity contribution < 1.29 is 18.3 Å². The Labute approximate surface area is 96.1 Å². The highest BCUT2D eigenvalue weighted by molar-refractivity contribution is 7.91. The number of hydrogen-bond donors (Lipinski definition) is 2. The van der Waals surface area contributed by atoms with Gasteiger partial charge in [-0.2, -0.15) is 0 Å². The van der Waals surface area contributed by atoms with Crippen molar-refractivity contribution in [3.8, 4) is 0 Å². The van der Waals surface area contributed by atoms with Crippen LogP contribution in [-0.2, 0) is 14.6 Å². The molecule has 6 heteroatoms. The molecule has 0 spiro atoms. The zero-order chi connectivity index (χ0) is 12.2. The number of aliphatic carboxylic acids is 1. The van der Waals surface area contributed by atoms with E-state index >= 15 is 0 Å². The molecule has 94 valence electrons. The molecular weight excluding hydrogens is 230 g/mol. The Morgan fingerprint density at radius 3 is 2.69 bits per heavy atom. The van der Waals surface area contributed by atoms with E-state index in [0.29, 0.717) is 19.4 Å². The van der Waals surface area contributed by atoms with Gasteiger partial charge in [0.1, 0.15) is 0 Å². The molecule has 1 fully saturated rings. The highest BCUT2D eigenvalue weighted by Crippen LogP contribution is 2.26. The first-order valence-electron chi connectivity index (χ1n) is 5.56. The Balaban J connectivity index is 2.80. The molecule has 0 aromatic rings. The SMILES string of the molecule is CCCNC1(CC(=O)O)CCCS(=O)(=O)C1. The highest BCUT2D eigenvalue weighted by atomic mass is 32.2. The Hall–Kier alpha value is -0.620. The number of hydrogen-bond acceptors (Lipinski definition) is 4. The maximum absolute atomic E-state index is 11.6. The van der Waals surface area contributed by atoms with E-state index in [9.17, 15) is 13.2 Å². The molecule has 2 N–H and O–H groups in total. The highest BCUT2D eigenvalue weighted by Gasteiger charge is 2.40. The fourth-order valence-electron chi connectivity index (χ4n) is 2.22. The maximum Gasteiger partial charge on any atom is 0.305 e. The van der Waals surface area contributed by atoms with Crippen molar-refractivity contribution in [1.29, 1.82) is 0 Å². The molecule has 1 heterocycles. The van der Waals surface area contributed by atoms with Crippen molar-refractivity contribution in [3.63, 3.8) is 0 Å². The van der Waals surface area contributed by atoms with E-state index in [1.807, 2.05) is 6.92 Å². The van der Waals surface area contributed by atoms with Crippen molar-refractivity contribution in [1.82, 2.24) is 5.32 Å². The van der Waals surface area contributed by atoms with Gasteiger partial charge >= 0.3 is 5.97 Å². The van der Waals surface area contributed by atoms with Crippen LogP contribution in [0.5, 0.6) is 0 Å². The minimum absolute atomic E-state index is 0.0493. The van der Waals surface area contributed by atoms with E-state index in [1.165, 1.54) is 0 Å². The summed E-state index contributed by atoms with van der Waals surface area (Å²) in [5, 5.41) is 12.0. The lowest BCUT2D eigenvalue weighted by Crippen LogP contribution is -2.55. The van der Waals surface area contributed by atoms with E-state index in [2.05, 4.69) is 5.32 Å². The van der Waals surface area contributed by atoms with E-state index in [1.54, 1.807) is 0 Å². The van der Waals surface area contributed by atoms with Gasteiger partial charge in [-0.25, -0.2) is 8.42 Å². The molecule has 1 aliphatic heterocycles. The number of sulfone groups is 1. The van der Waals surface area contributed by atoms with Crippen LogP contribution in [0.1, 0.15) is 32.6 Å². The van der Waals surface area contributed by atoms with Gasteiger partial charge in [-0.05, 0) is 25.8 Å². The molecule has 1 aliphatic rings. The second-order valence-corrected chi connectivity index (χ2v) is 6.66. The zero-order valence-corrected chi connectivity index (χ0v) is 10.3. The van der Waals surface area contributed by atoms with Gasteiger partial charge in [0.15, 0.2) is 9.84 Å². The first-order valence-corrected chi connectivity index (χ1v) is 7.38. The third-order valence-electron chi connectivity index (χ3n) is 2.85. The maximum atomic E-state index is 11.6. The third kappa shape index (κ3) is 3.75. The fourth-order valence-corrected chi connectivity index (χ4v) is 4.14. The molecule has 1 saturated heterocycles. The predicted molar refractivity (Wildman–Crippen MR) is 61.2 cm³/mol. The predicted octanol–water partition coefficient (Wildman–Crippen LogP) is 0.408. The molecule has 16 heavy (non-hydrogen) atoms. The average molecular weight is 249 g/mol. The Morgan fingerprint density at radius 2 is 2.19 bits per heavy atom. The zero-order valence-electron chi connectivity index (χ0n) is 9.53. The van der Waals surface area contributed by atoms with Crippen molar-refractivity contribution in [2.75, 3.05) is 18.1 Å². The van der Waals surface area contributed by atoms with Gasteiger partial charge in [0.2, 0.25) is 0 Å². The molecule has 0 bridgehead atoms.